The number of hydrogen-bond donors (Lipinski definition) is 3. The largest absolute Gasteiger partial charge is 0.504 e. The monoisotopic (exact) mass is 376 g/mol. The first-order chi connectivity index (χ1) is 13.6. The second-order valence-electron chi connectivity index (χ2n) is 6.10. The number of rotatable bonds is 7. The number of amides is 1. The molecule has 0 radical (unpaired) electrons. The van der Waals surface area contributed by atoms with Crippen LogP contribution in [0.4, 0.5) is 0 Å². The molecule has 0 fully saturated rings. The predicted molar refractivity (Wildman–Crippen MR) is 107 cm³/mol. The second kappa shape index (κ2) is 9.23. The Morgan fingerprint density at radius 1 is 0.964 bits per heavy atom. The second-order valence-corrected chi connectivity index (χ2v) is 6.10. The van der Waals surface area contributed by atoms with Crippen molar-refractivity contribution in [2.24, 2.45) is 5.10 Å². The number of ether oxygens (including phenoxy) is 1. The Bertz CT molecular complexity index is 971. The van der Waals surface area contributed by atoms with Crippen molar-refractivity contribution in [3.05, 3.63) is 89.5 Å². The number of phenolic OH excluding ortho intramolecular Hbond substituents is 2. The molecule has 0 aliphatic heterocycles. The summed E-state index contributed by atoms with van der Waals surface area (Å²) < 4.78 is 5.65. The van der Waals surface area contributed by atoms with Gasteiger partial charge in [0.05, 0.1) is 6.21 Å². The molecule has 0 bridgehead atoms. The van der Waals surface area contributed by atoms with Crippen molar-refractivity contribution in [3.8, 4) is 17.2 Å². The molecule has 3 rings (SSSR count). The van der Waals surface area contributed by atoms with Crippen molar-refractivity contribution in [1.29, 1.82) is 0 Å². The van der Waals surface area contributed by atoms with Gasteiger partial charge in [-0.2, -0.15) is 5.10 Å². The van der Waals surface area contributed by atoms with Crippen LogP contribution in [0.3, 0.4) is 0 Å². The van der Waals surface area contributed by atoms with Gasteiger partial charge in [-0.25, -0.2) is 5.43 Å². The van der Waals surface area contributed by atoms with Crippen molar-refractivity contribution in [1.82, 2.24) is 5.43 Å². The van der Waals surface area contributed by atoms with Crippen LogP contribution in [0.1, 0.15) is 16.7 Å². The van der Waals surface area contributed by atoms with E-state index >= 15 is 0 Å². The summed E-state index contributed by atoms with van der Waals surface area (Å²) in [6.07, 6.45) is 2.07. The SMILES string of the molecule is O=C(COc1ccccc1Cc1ccccc1)N/N=C/c1ccc(O)c(O)c1. The van der Waals surface area contributed by atoms with E-state index in [1.165, 1.54) is 18.3 Å². The maximum absolute atomic E-state index is 12.0. The third kappa shape index (κ3) is 5.35. The first-order valence-corrected chi connectivity index (χ1v) is 8.70. The van der Waals surface area contributed by atoms with Gasteiger partial charge in [-0.05, 0) is 41.0 Å². The molecule has 0 saturated heterocycles. The van der Waals surface area contributed by atoms with Crippen molar-refractivity contribution in [2.75, 3.05) is 6.61 Å². The number of hydrogen-bond acceptors (Lipinski definition) is 5. The highest BCUT2D eigenvalue weighted by Crippen LogP contribution is 2.24. The third-order valence-corrected chi connectivity index (χ3v) is 3.97. The Morgan fingerprint density at radius 3 is 2.50 bits per heavy atom. The van der Waals surface area contributed by atoms with Crippen molar-refractivity contribution >= 4 is 12.1 Å². The van der Waals surface area contributed by atoms with Gasteiger partial charge in [0.15, 0.2) is 18.1 Å². The smallest absolute Gasteiger partial charge is 0.277 e. The number of carbonyl (C=O) groups excluding carboxylic acids is 1. The van der Waals surface area contributed by atoms with E-state index in [9.17, 15) is 15.0 Å². The van der Waals surface area contributed by atoms with Gasteiger partial charge in [0.2, 0.25) is 0 Å². The Labute approximate surface area is 162 Å². The van der Waals surface area contributed by atoms with Crippen LogP contribution in [0, 0.1) is 0 Å². The van der Waals surface area contributed by atoms with Crippen LogP contribution in [0.25, 0.3) is 0 Å². The van der Waals surface area contributed by atoms with Crippen LogP contribution in [0.15, 0.2) is 77.9 Å². The first kappa shape index (κ1) is 19.0. The number of benzene rings is 3. The zero-order valence-corrected chi connectivity index (χ0v) is 15.1. The Hall–Kier alpha value is -3.80. The number of nitrogens with zero attached hydrogens (tertiary/aromatic N) is 1. The molecule has 3 aromatic rings. The summed E-state index contributed by atoms with van der Waals surface area (Å²) >= 11 is 0. The lowest BCUT2D eigenvalue weighted by Gasteiger charge is -2.11. The van der Waals surface area contributed by atoms with Crippen molar-refractivity contribution in [2.45, 2.75) is 6.42 Å². The lowest BCUT2D eigenvalue weighted by atomic mass is 10.0. The predicted octanol–water partition coefficient (Wildman–Crippen LogP) is 3.22. The van der Waals surface area contributed by atoms with E-state index in [1.807, 2.05) is 54.6 Å². The fraction of sp³-hybridized carbons (Fsp3) is 0.0909. The lowest BCUT2D eigenvalue weighted by Crippen LogP contribution is -2.24. The van der Waals surface area contributed by atoms with E-state index in [0.717, 1.165) is 11.1 Å². The molecule has 6 nitrogen and oxygen atoms in total. The van der Waals surface area contributed by atoms with E-state index in [0.29, 0.717) is 17.7 Å². The molecule has 28 heavy (non-hydrogen) atoms. The van der Waals surface area contributed by atoms with Gasteiger partial charge in [0.1, 0.15) is 5.75 Å². The molecule has 0 unspecified atom stereocenters. The van der Waals surface area contributed by atoms with Gasteiger partial charge >= 0.3 is 0 Å². The Kier molecular flexibility index (Phi) is 6.25. The van der Waals surface area contributed by atoms with E-state index < -0.39 is 5.91 Å². The zero-order chi connectivity index (χ0) is 19.8. The summed E-state index contributed by atoms with van der Waals surface area (Å²) in [7, 11) is 0. The molecule has 1 amide bonds. The average Bonchev–Trinajstić information content (AvgIpc) is 2.71. The van der Waals surface area contributed by atoms with Crippen LogP contribution in [-0.4, -0.2) is 28.9 Å². The molecule has 0 saturated carbocycles. The number of nitrogens with one attached hydrogen (secondary N) is 1. The molecule has 0 aliphatic carbocycles. The minimum absolute atomic E-state index is 0.177. The van der Waals surface area contributed by atoms with E-state index in [2.05, 4.69) is 10.5 Å². The van der Waals surface area contributed by atoms with Crippen molar-refractivity contribution < 1.29 is 19.7 Å². The molecule has 0 aromatic heterocycles. The summed E-state index contributed by atoms with van der Waals surface area (Å²) in [6, 6.07) is 21.8. The van der Waals surface area contributed by atoms with Crippen LogP contribution in [0.2, 0.25) is 0 Å². The number of carbonyl (C=O) groups is 1. The summed E-state index contributed by atoms with van der Waals surface area (Å²) in [6.45, 7) is -0.177. The molecule has 3 aromatic carbocycles. The van der Waals surface area contributed by atoms with Gasteiger partial charge in [0, 0.05) is 6.42 Å². The summed E-state index contributed by atoms with van der Waals surface area (Å²) in [4.78, 5) is 12.0. The fourth-order valence-electron chi connectivity index (χ4n) is 2.58. The topological polar surface area (TPSA) is 91.2 Å². The number of phenols is 2. The fourth-order valence-corrected chi connectivity index (χ4v) is 2.58. The van der Waals surface area contributed by atoms with Crippen LogP contribution < -0.4 is 10.2 Å². The van der Waals surface area contributed by atoms with Gasteiger partial charge in [0.25, 0.3) is 5.91 Å². The zero-order valence-electron chi connectivity index (χ0n) is 15.1. The highest BCUT2D eigenvalue weighted by Gasteiger charge is 2.07. The van der Waals surface area contributed by atoms with Crippen LogP contribution in [0.5, 0.6) is 17.2 Å². The Balaban J connectivity index is 1.54. The average molecular weight is 376 g/mol. The van der Waals surface area contributed by atoms with E-state index in [-0.39, 0.29) is 18.1 Å². The number of para-hydroxylation sites is 1. The molecule has 142 valence electrons. The molecular weight excluding hydrogens is 356 g/mol. The molecule has 0 heterocycles. The van der Waals surface area contributed by atoms with Gasteiger partial charge in [-0.15, -0.1) is 0 Å². The standard InChI is InChI=1S/C22H20N2O4/c25-19-11-10-17(13-20(19)26)14-23-24-22(27)15-28-21-9-5-4-8-18(21)12-16-6-2-1-3-7-16/h1-11,13-14,25-26H,12,15H2,(H,24,27)/b23-14+. The van der Waals surface area contributed by atoms with Crippen LogP contribution in [-0.2, 0) is 11.2 Å². The minimum atomic E-state index is -0.409. The molecule has 0 atom stereocenters. The normalized spacial score (nSPS) is 10.7. The third-order valence-electron chi connectivity index (χ3n) is 3.97. The molecule has 0 spiro atoms. The summed E-state index contributed by atoms with van der Waals surface area (Å²) in [5.41, 5.74) is 5.05. The summed E-state index contributed by atoms with van der Waals surface area (Å²) in [5, 5.41) is 22.5. The first-order valence-electron chi connectivity index (χ1n) is 8.70. The number of hydrazone groups is 1. The summed E-state index contributed by atoms with van der Waals surface area (Å²) in [5.74, 6) is -0.236. The van der Waals surface area contributed by atoms with Gasteiger partial charge < -0.3 is 14.9 Å². The lowest BCUT2D eigenvalue weighted by molar-refractivity contribution is -0.123. The van der Waals surface area contributed by atoms with Crippen molar-refractivity contribution in [3.63, 3.8) is 0 Å². The highest BCUT2D eigenvalue weighted by atomic mass is 16.5. The maximum Gasteiger partial charge on any atom is 0.277 e. The maximum atomic E-state index is 12.0. The van der Waals surface area contributed by atoms with Crippen LogP contribution >= 0.6 is 0 Å². The quantitative estimate of drug-likeness (QED) is 0.335. The molecule has 3 N–H and O–H groups in total. The molecular formula is C22H20N2O4. The highest BCUT2D eigenvalue weighted by molar-refractivity contribution is 5.83. The van der Waals surface area contributed by atoms with E-state index in [4.69, 9.17) is 4.74 Å². The molecule has 6 heteroatoms. The van der Waals surface area contributed by atoms with Gasteiger partial charge in [-0.3, -0.25) is 4.79 Å². The minimum Gasteiger partial charge on any atom is -0.504 e. The van der Waals surface area contributed by atoms with E-state index in [1.54, 1.807) is 6.07 Å². The number of aromatic hydroxyl groups is 2. The Morgan fingerprint density at radius 2 is 1.71 bits per heavy atom. The molecule has 0 aliphatic rings. The van der Waals surface area contributed by atoms with Gasteiger partial charge in [-0.1, -0.05) is 48.5 Å².